The Bertz CT molecular complexity index is 647. The van der Waals surface area contributed by atoms with Gasteiger partial charge in [0.05, 0.1) is 6.54 Å². The van der Waals surface area contributed by atoms with E-state index in [9.17, 15) is 0 Å². The predicted molar refractivity (Wildman–Crippen MR) is 107 cm³/mol. The summed E-state index contributed by atoms with van der Waals surface area (Å²) in [5, 5.41) is 11.1. The van der Waals surface area contributed by atoms with Crippen LogP contribution in [0.2, 0.25) is 5.02 Å². The van der Waals surface area contributed by atoms with Crippen molar-refractivity contribution in [1.82, 2.24) is 20.8 Å². The largest absolute Gasteiger partial charge is 0.357 e. The minimum atomic E-state index is 0. The molecule has 0 radical (unpaired) electrons. The van der Waals surface area contributed by atoms with Gasteiger partial charge in [0, 0.05) is 24.5 Å². The van der Waals surface area contributed by atoms with E-state index in [4.69, 9.17) is 16.1 Å². The number of aliphatic imine (C=N–C) groups is 1. The van der Waals surface area contributed by atoms with Crippen LogP contribution < -0.4 is 10.6 Å². The van der Waals surface area contributed by atoms with Crippen molar-refractivity contribution in [3.05, 3.63) is 46.6 Å². The van der Waals surface area contributed by atoms with Gasteiger partial charge in [-0.05, 0) is 38.0 Å². The smallest absolute Gasteiger partial charge is 0.228 e. The summed E-state index contributed by atoms with van der Waals surface area (Å²) >= 11 is 5.99. The zero-order valence-corrected chi connectivity index (χ0v) is 17.0. The van der Waals surface area contributed by atoms with Crippen LogP contribution >= 0.6 is 35.6 Å². The summed E-state index contributed by atoms with van der Waals surface area (Å²) in [6, 6.07) is 7.88. The van der Waals surface area contributed by atoms with Gasteiger partial charge < -0.3 is 15.2 Å². The molecule has 8 heteroatoms. The number of hydrogen-bond donors (Lipinski definition) is 2. The molecular weight excluding hydrogens is 441 g/mol. The number of guanidine groups is 1. The van der Waals surface area contributed by atoms with Crippen LogP contribution in [0.3, 0.4) is 0 Å². The van der Waals surface area contributed by atoms with E-state index in [0.717, 1.165) is 30.5 Å². The quantitative estimate of drug-likeness (QED) is 0.375. The summed E-state index contributed by atoms with van der Waals surface area (Å²) in [6.07, 6.45) is 1.51. The molecule has 0 atom stereocenters. The highest BCUT2D eigenvalue weighted by atomic mass is 127. The van der Waals surface area contributed by atoms with E-state index in [1.165, 1.54) is 5.56 Å². The van der Waals surface area contributed by atoms with Gasteiger partial charge in [-0.1, -0.05) is 28.9 Å². The van der Waals surface area contributed by atoms with Crippen molar-refractivity contribution < 1.29 is 4.52 Å². The van der Waals surface area contributed by atoms with Gasteiger partial charge in [0.15, 0.2) is 11.8 Å². The maximum absolute atomic E-state index is 5.99. The number of aryl methyl sites for hydroxylation is 1. The van der Waals surface area contributed by atoms with E-state index in [-0.39, 0.29) is 24.0 Å². The second-order valence-corrected chi connectivity index (χ2v) is 5.49. The van der Waals surface area contributed by atoms with Gasteiger partial charge in [0.25, 0.3) is 0 Å². The molecular formula is C16H23ClIN5O. The molecule has 2 N–H and O–H groups in total. The monoisotopic (exact) mass is 463 g/mol. The summed E-state index contributed by atoms with van der Waals surface area (Å²) in [5.41, 5.74) is 1.20. The molecule has 6 nitrogen and oxygen atoms in total. The third kappa shape index (κ3) is 7.48. The van der Waals surface area contributed by atoms with Crippen LogP contribution in [0.5, 0.6) is 0 Å². The Hall–Kier alpha value is -1.35. The molecule has 0 aliphatic rings. The van der Waals surface area contributed by atoms with Gasteiger partial charge in [0.2, 0.25) is 5.89 Å². The highest BCUT2D eigenvalue weighted by Gasteiger charge is 2.02. The van der Waals surface area contributed by atoms with Gasteiger partial charge in [0.1, 0.15) is 0 Å². The number of aromatic nitrogens is 2. The molecule has 0 unspecified atom stereocenters. The SMILES string of the molecule is CCNC(=NCCc1nc(C)no1)NCCc1cccc(Cl)c1.I. The second-order valence-electron chi connectivity index (χ2n) is 5.05. The molecule has 0 amide bonds. The predicted octanol–water partition coefficient (Wildman–Crippen LogP) is 2.99. The molecule has 1 aromatic carbocycles. The fourth-order valence-corrected chi connectivity index (χ4v) is 2.28. The Morgan fingerprint density at radius 2 is 2.12 bits per heavy atom. The Morgan fingerprint density at radius 1 is 1.29 bits per heavy atom. The van der Waals surface area contributed by atoms with Gasteiger partial charge in [-0.3, -0.25) is 4.99 Å². The normalized spacial score (nSPS) is 11.0. The average molecular weight is 464 g/mol. The molecule has 0 spiro atoms. The first kappa shape index (κ1) is 20.7. The first-order chi connectivity index (χ1) is 11.2. The Labute approximate surface area is 164 Å². The zero-order chi connectivity index (χ0) is 16.5. The van der Waals surface area contributed by atoms with Crippen molar-refractivity contribution in [2.24, 2.45) is 4.99 Å². The lowest BCUT2D eigenvalue weighted by molar-refractivity contribution is 0.376. The first-order valence-corrected chi connectivity index (χ1v) is 8.11. The summed E-state index contributed by atoms with van der Waals surface area (Å²) in [6.45, 7) is 6.02. The minimum Gasteiger partial charge on any atom is -0.357 e. The number of rotatable bonds is 7. The molecule has 2 rings (SSSR count). The number of nitrogens with one attached hydrogen (secondary N) is 2. The summed E-state index contributed by atoms with van der Waals surface area (Å²) < 4.78 is 5.07. The molecule has 1 heterocycles. The van der Waals surface area contributed by atoms with Crippen molar-refractivity contribution in [1.29, 1.82) is 0 Å². The van der Waals surface area contributed by atoms with Crippen LogP contribution in [0.4, 0.5) is 0 Å². The van der Waals surface area contributed by atoms with Crippen LogP contribution in [0, 0.1) is 6.92 Å². The van der Waals surface area contributed by atoms with E-state index in [1.54, 1.807) is 6.92 Å². The lowest BCUT2D eigenvalue weighted by Crippen LogP contribution is -2.38. The van der Waals surface area contributed by atoms with Crippen molar-refractivity contribution in [2.75, 3.05) is 19.6 Å². The molecule has 1 aromatic heterocycles. The lowest BCUT2D eigenvalue weighted by Gasteiger charge is -2.11. The Morgan fingerprint density at radius 3 is 2.79 bits per heavy atom. The van der Waals surface area contributed by atoms with Crippen LogP contribution in [0.1, 0.15) is 24.2 Å². The van der Waals surface area contributed by atoms with Crippen molar-refractivity contribution >= 4 is 41.5 Å². The van der Waals surface area contributed by atoms with Crippen LogP contribution in [0.15, 0.2) is 33.8 Å². The molecule has 0 aliphatic carbocycles. The average Bonchev–Trinajstić information content (AvgIpc) is 2.93. The molecule has 0 bridgehead atoms. The van der Waals surface area contributed by atoms with E-state index in [0.29, 0.717) is 24.7 Å². The topological polar surface area (TPSA) is 75.3 Å². The van der Waals surface area contributed by atoms with E-state index in [1.807, 2.05) is 25.1 Å². The number of halogens is 2. The number of nitrogens with zero attached hydrogens (tertiary/aromatic N) is 3. The van der Waals surface area contributed by atoms with Crippen LogP contribution in [0.25, 0.3) is 0 Å². The molecule has 0 fully saturated rings. The van der Waals surface area contributed by atoms with E-state index < -0.39 is 0 Å². The highest BCUT2D eigenvalue weighted by molar-refractivity contribution is 14.0. The van der Waals surface area contributed by atoms with Crippen LogP contribution in [-0.4, -0.2) is 35.7 Å². The van der Waals surface area contributed by atoms with Crippen molar-refractivity contribution in [3.8, 4) is 0 Å². The van der Waals surface area contributed by atoms with E-state index >= 15 is 0 Å². The molecule has 0 aliphatic heterocycles. The minimum absolute atomic E-state index is 0. The number of hydrogen-bond acceptors (Lipinski definition) is 4. The summed E-state index contributed by atoms with van der Waals surface area (Å²) in [7, 11) is 0. The van der Waals surface area contributed by atoms with Gasteiger partial charge in [-0.25, -0.2) is 0 Å². The molecule has 2 aromatic rings. The van der Waals surface area contributed by atoms with Gasteiger partial charge >= 0.3 is 0 Å². The second kappa shape index (κ2) is 11.2. The molecule has 0 saturated carbocycles. The molecule has 24 heavy (non-hydrogen) atoms. The zero-order valence-electron chi connectivity index (χ0n) is 13.9. The Balaban J connectivity index is 0.00000288. The third-order valence-electron chi connectivity index (χ3n) is 3.10. The van der Waals surface area contributed by atoms with Crippen molar-refractivity contribution in [3.63, 3.8) is 0 Å². The van der Waals surface area contributed by atoms with Gasteiger partial charge in [-0.2, -0.15) is 4.98 Å². The van der Waals surface area contributed by atoms with E-state index in [2.05, 4.69) is 31.8 Å². The summed E-state index contributed by atoms with van der Waals surface area (Å²) in [5.74, 6) is 2.04. The standard InChI is InChI=1S/C16H22ClN5O.HI/c1-3-18-16(20-10-8-15-21-12(2)22-23-15)19-9-7-13-5-4-6-14(17)11-13;/h4-6,11H,3,7-10H2,1-2H3,(H2,18,19,20);1H. The molecule has 0 saturated heterocycles. The van der Waals surface area contributed by atoms with Crippen LogP contribution in [-0.2, 0) is 12.8 Å². The third-order valence-corrected chi connectivity index (χ3v) is 3.34. The fourth-order valence-electron chi connectivity index (χ4n) is 2.06. The summed E-state index contributed by atoms with van der Waals surface area (Å²) in [4.78, 5) is 8.67. The molecule has 132 valence electrons. The number of benzene rings is 1. The van der Waals surface area contributed by atoms with Gasteiger partial charge in [-0.15, -0.1) is 24.0 Å². The highest BCUT2D eigenvalue weighted by Crippen LogP contribution is 2.10. The maximum atomic E-state index is 5.99. The lowest BCUT2D eigenvalue weighted by atomic mass is 10.1. The first-order valence-electron chi connectivity index (χ1n) is 7.73. The van der Waals surface area contributed by atoms with Crippen molar-refractivity contribution in [2.45, 2.75) is 26.7 Å². The maximum Gasteiger partial charge on any atom is 0.228 e. The fraction of sp³-hybridized carbons (Fsp3) is 0.438. The Kier molecular flexibility index (Phi) is 9.70.